The van der Waals surface area contributed by atoms with Gasteiger partial charge in [0.05, 0.1) is 29.1 Å². The van der Waals surface area contributed by atoms with Crippen molar-refractivity contribution in [3.05, 3.63) is 89.5 Å². The molecule has 1 amide bonds. The number of hydrogen-bond acceptors (Lipinski definition) is 6. The summed E-state index contributed by atoms with van der Waals surface area (Å²) < 4.78 is 5.10. The van der Waals surface area contributed by atoms with E-state index in [4.69, 9.17) is 15.5 Å². The third kappa shape index (κ3) is 5.70. The first-order valence-electron chi connectivity index (χ1n) is 12.1. The van der Waals surface area contributed by atoms with Crippen LogP contribution in [0.5, 0.6) is 5.88 Å². The van der Waals surface area contributed by atoms with Crippen LogP contribution in [-0.2, 0) is 9.53 Å². The number of H-pyrrole nitrogens is 1. The van der Waals surface area contributed by atoms with Gasteiger partial charge in [0.25, 0.3) is 0 Å². The Bertz CT molecular complexity index is 1440. The fourth-order valence-electron chi connectivity index (χ4n) is 4.06. The smallest absolute Gasteiger partial charge is 0.338 e. The first kappa shape index (κ1) is 25.7. The third-order valence-corrected chi connectivity index (χ3v) is 5.92. The summed E-state index contributed by atoms with van der Waals surface area (Å²) in [6.45, 7) is 3.82. The molecule has 4 aromatic rings. The van der Waals surface area contributed by atoms with Crippen LogP contribution in [0.4, 0.5) is 11.4 Å². The number of rotatable bonds is 8. The molecule has 0 aliphatic rings. The third-order valence-electron chi connectivity index (χ3n) is 5.92. The SMILES string of the molecule is CCOC(=O)c1ccc2c(C(=Nc3ccc(N(C)C(=O)CC(C)N)cc3)c3ccccc3)c(O)[nH]c2c1. The molecule has 3 aromatic carbocycles. The summed E-state index contributed by atoms with van der Waals surface area (Å²) in [7, 11) is 1.72. The molecule has 0 radical (unpaired) electrons. The number of anilines is 1. The summed E-state index contributed by atoms with van der Waals surface area (Å²) in [4.78, 5) is 34.0. The Hall–Kier alpha value is -4.43. The molecule has 1 unspecified atom stereocenters. The van der Waals surface area contributed by atoms with Crippen molar-refractivity contribution in [2.75, 3.05) is 18.6 Å². The van der Waals surface area contributed by atoms with Crippen molar-refractivity contribution in [1.29, 1.82) is 0 Å². The van der Waals surface area contributed by atoms with E-state index in [2.05, 4.69) is 4.98 Å². The molecule has 0 saturated carbocycles. The Labute approximate surface area is 215 Å². The van der Waals surface area contributed by atoms with Gasteiger partial charge in [-0.25, -0.2) is 9.79 Å². The number of aromatic amines is 1. The van der Waals surface area contributed by atoms with Crippen LogP contribution in [0.2, 0.25) is 0 Å². The number of hydrogen-bond donors (Lipinski definition) is 3. The largest absolute Gasteiger partial charge is 0.494 e. The maximum Gasteiger partial charge on any atom is 0.338 e. The number of nitrogens with two attached hydrogens (primary N) is 1. The van der Waals surface area contributed by atoms with Gasteiger partial charge in [-0.3, -0.25) is 4.79 Å². The van der Waals surface area contributed by atoms with Gasteiger partial charge in [0.1, 0.15) is 0 Å². The van der Waals surface area contributed by atoms with Crippen LogP contribution in [0.3, 0.4) is 0 Å². The molecule has 4 rings (SSSR count). The van der Waals surface area contributed by atoms with Crippen molar-refractivity contribution in [3.8, 4) is 5.88 Å². The lowest BCUT2D eigenvalue weighted by molar-refractivity contribution is -0.118. The molecule has 0 fully saturated rings. The van der Waals surface area contributed by atoms with E-state index in [0.717, 1.165) is 11.3 Å². The molecule has 190 valence electrons. The van der Waals surface area contributed by atoms with Crippen molar-refractivity contribution in [1.82, 2.24) is 4.98 Å². The molecule has 8 heteroatoms. The normalized spacial score (nSPS) is 12.4. The average Bonchev–Trinajstić information content (AvgIpc) is 3.22. The minimum absolute atomic E-state index is 0.0588. The number of esters is 1. The van der Waals surface area contributed by atoms with Crippen LogP contribution in [0.25, 0.3) is 10.9 Å². The molecule has 0 saturated heterocycles. The molecule has 1 aromatic heterocycles. The number of carbonyl (C=O) groups is 2. The maximum atomic E-state index is 12.4. The lowest BCUT2D eigenvalue weighted by atomic mass is 10.00. The van der Waals surface area contributed by atoms with E-state index in [0.29, 0.717) is 33.4 Å². The van der Waals surface area contributed by atoms with E-state index >= 15 is 0 Å². The molecule has 0 bridgehead atoms. The molecule has 8 nitrogen and oxygen atoms in total. The second-order valence-electron chi connectivity index (χ2n) is 8.81. The first-order chi connectivity index (χ1) is 17.8. The van der Waals surface area contributed by atoms with Crippen molar-refractivity contribution < 1.29 is 19.4 Å². The van der Waals surface area contributed by atoms with Crippen LogP contribution < -0.4 is 10.6 Å². The van der Waals surface area contributed by atoms with Crippen LogP contribution in [0, 0.1) is 0 Å². The summed E-state index contributed by atoms with van der Waals surface area (Å²) >= 11 is 0. The molecule has 0 aliphatic heterocycles. The number of carbonyl (C=O) groups excluding carboxylic acids is 2. The van der Waals surface area contributed by atoms with E-state index in [9.17, 15) is 14.7 Å². The maximum absolute atomic E-state index is 12.4. The Morgan fingerprint density at radius 2 is 1.76 bits per heavy atom. The summed E-state index contributed by atoms with van der Waals surface area (Å²) in [5.41, 5.74) is 10.0. The second-order valence-corrected chi connectivity index (χ2v) is 8.81. The molecule has 1 atom stereocenters. The standard InChI is InChI=1S/C29H30N4O4/c1-4-37-29(36)20-10-15-23-24(17-20)32-28(35)26(23)27(19-8-6-5-7-9-19)31-21-11-13-22(14-12-21)33(3)25(34)16-18(2)30/h5-15,17-18,32,35H,4,16,30H2,1-3H3. The predicted molar refractivity (Wildman–Crippen MR) is 146 cm³/mol. The van der Waals surface area contributed by atoms with Gasteiger partial charge in [0.2, 0.25) is 5.91 Å². The predicted octanol–water partition coefficient (Wildman–Crippen LogP) is 4.92. The molecular weight excluding hydrogens is 468 g/mol. The number of aromatic hydroxyl groups is 1. The summed E-state index contributed by atoms with van der Waals surface area (Å²) in [5, 5.41) is 11.6. The van der Waals surface area contributed by atoms with Gasteiger partial charge in [-0.05, 0) is 50.2 Å². The fourth-order valence-corrected chi connectivity index (χ4v) is 4.06. The highest BCUT2D eigenvalue weighted by Gasteiger charge is 2.20. The number of aromatic nitrogens is 1. The number of nitrogens with one attached hydrogen (secondary N) is 1. The van der Waals surface area contributed by atoms with Crippen LogP contribution in [0.1, 0.15) is 41.8 Å². The molecule has 0 spiro atoms. The first-order valence-corrected chi connectivity index (χ1v) is 12.1. The number of benzene rings is 3. The van der Waals surface area contributed by atoms with Crippen molar-refractivity contribution in [3.63, 3.8) is 0 Å². The van der Waals surface area contributed by atoms with Crippen molar-refractivity contribution in [2.24, 2.45) is 10.7 Å². The van der Waals surface area contributed by atoms with Gasteiger partial charge in [-0.15, -0.1) is 0 Å². The highest BCUT2D eigenvalue weighted by molar-refractivity contribution is 6.22. The lowest BCUT2D eigenvalue weighted by Crippen LogP contribution is -2.31. The monoisotopic (exact) mass is 498 g/mol. The Morgan fingerprint density at radius 1 is 1.05 bits per heavy atom. The van der Waals surface area contributed by atoms with E-state index in [1.807, 2.05) is 54.6 Å². The van der Waals surface area contributed by atoms with E-state index in [1.54, 1.807) is 44.0 Å². The number of aliphatic imine (C=N–C) groups is 1. The van der Waals surface area contributed by atoms with Crippen molar-refractivity contribution >= 4 is 39.9 Å². The van der Waals surface area contributed by atoms with Crippen LogP contribution >= 0.6 is 0 Å². The zero-order valence-corrected chi connectivity index (χ0v) is 21.1. The van der Waals surface area contributed by atoms with Gasteiger partial charge in [-0.2, -0.15) is 0 Å². The zero-order valence-electron chi connectivity index (χ0n) is 21.1. The van der Waals surface area contributed by atoms with E-state index in [1.165, 1.54) is 0 Å². The molecular formula is C29H30N4O4. The van der Waals surface area contributed by atoms with Gasteiger partial charge in [0.15, 0.2) is 5.88 Å². The number of amides is 1. The molecule has 37 heavy (non-hydrogen) atoms. The lowest BCUT2D eigenvalue weighted by Gasteiger charge is -2.18. The highest BCUT2D eigenvalue weighted by atomic mass is 16.5. The number of fused-ring (bicyclic) bond motifs is 1. The molecule has 0 aliphatic carbocycles. The Morgan fingerprint density at radius 3 is 2.41 bits per heavy atom. The van der Waals surface area contributed by atoms with Crippen LogP contribution in [-0.4, -0.2) is 47.4 Å². The zero-order chi connectivity index (χ0) is 26.5. The summed E-state index contributed by atoms with van der Waals surface area (Å²) in [6, 6.07) is 21.7. The summed E-state index contributed by atoms with van der Waals surface area (Å²) in [5.74, 6) is -0.556. The number of ether oxygens (including phenoxy) is 1. The second kappa shape index (κ2) is 11.1. The minimum Gasteiger partial charge on any atom is -0.494 e. The molecule has 4 N–H and O–H groups in total. The van der Waals surface area contributed by atoms with E-state index in [-0.39, 0.29) is 30.9 Å². The van der Waals surface area contributed by atoms with E-state index < -0.39 is 5.97 Å². The van der Waals surface area contributed by atoms with Gasteiger partial charge in [-0.1, -0.05) is 36.4 Å². The van der Waals surface area contributed by atoms with Gasteiger partial charge in [0, 0.05) is 41.7 Å². The number of nitrogens with zero attached hydrogens (tertiary/aromatic N) is 2. The van der Waals surface area contributed by atoms with Crippen LogP contribution in [0.15, 0.2) is 77.8 Å². The Balaban J connectivity index is 1.76. The average molecular weight is 499 g/mol. The Kier molecular flexibility index (Phi) is 7.69. The topological polar surface area (TPSA) is 121 Å². The van der Waals surface area contributed by atoms with Gasteiger partial charge >= 0.3 is 5.97 Å². The summed E-state index contributed by atoms with van der Waals surface area (Å²) in [6.07, 6.45) is 0.256. The molecule has 1 heterocycles. The van der Waals surface area contributed by atoms with Crippen molar-refractivity contribution in [2.45, 2.75) is 26.3 Å². The fraction of sp³-hybridized carbons (Fsp3) is 0.207. The highest BCUT2D eigenvalue weighted by Crippen LogP contribution is 2.32. The quantitative estimate of drug-likeness (QED) is 0.235. The minimum atomic E-state index is -0.429. The van der Waals surface area contributed by atoms with Gasteiger partial charge < -0.3 is 25.5 Å².